The van der Waals surface area contributed by atoms with E-state index < -0.39 is 23.4 Å². The quantitative estimate of drug-likeness (QED) is 0.748. The first kappa shape index (κ1) is 13.7. The van der Waals surface area contributed by atoms with Crippen molar-refractivity contribution in [2.75, 3.05) is 0 Å². The zero-order valence-corrected chi connectivity index (χ0v) is 12.7. The van der Waals surface area contributed by atoms with E-state index in [0.717, 1.165) is 35.1 Å². The van der Waals surface area contributed by atoms with Crippen molar-refractivity contribution in [1.82, 2.24) is 0 Å². The number of Topliss-reactive ketones (excluding diaryl/α,β-unsaturated/α-hetero) is 2. The lowest BCUT2D eigenvalue weighted by molar-refractivity contribution is -0.120. The van der Waals surface area contributed by atoms with Crippen LogP contribution < -0.4 is 0 Å². The van der Waals surface area contributed by atoms with Crippen LogP contribution in [0, 0.1) is 5.92 Å². The van der Waals surface area contributed by atoms with Gasteiger partial charge < -0.3 is 9.84 Å². The minimum atomic E-state index is -0.937. The summed E-state index contributed by atoms with van der Waals surface area (Å²) in [5.41, 5.74) is 2.75. The Balaban J connectivity index is 1.96. The number of benzene rings is 1. The number of aliphatic hydroxyl groups is 1. The number of ketones is 2. The molecule has 114 valence electrons. The highest BCUT2D eigenvalue weighted by Gasteiger charge is 2.48. The molecule has 0 saturated heterocycles. The van der Waals surface area contributed by atoms with Crippen molar-refractivity contribution in [2.24, 2.45) is 5.92 Å². The topological polar surface area (TPSA) is 63.6 Å². The van der Waals surface area contributed by atoms with E-state index in [0.29, 0.717) is 12.0 Å². The standard InChI is InChI=1S/C18H18O4/c1-9-8-22-17-11-5-6-12-10(4-3-7-18(12,2)21)14(11)16(20)15(19)13(9)17/h5-6,8,13,17,21H,3-4,7H2,1-2H3/t13-,17-,18-/m0/s1. The van der Waals surface area contributed by atoms with Crippen molar-refractivity contribution < 1.29 is 19.4 Å². The molecule has 1 aromatic carbocycles. The summed E-state index contributed by atoms with van der Waals surface area (Å²) in [5.74, 6) is -1.30. The Kier molecular flexibility index (Phi) is 2.67. The molecule has 2 aliphatic carbocycles. The average molecular weight is 298 g/mol. The molecule has 1 aromatic rings. The van der Waals surface area contributed by atoms with Crippen molar-refractivity contribution in [1.29, 1.82) is 0 Å². The molecule has 0 aromatic heterocycles. The molecule has 0 unspecified atom stereocenters. The molecular weight excluding hydrogens is 280 g/mol. The Bertz CT molecular complexity index is 742. The van der Waals surface area contributed by atoms with Gasteiger partial charge in [-0.3, -0.25) is 9.59 Å². The molecule has 1 aliphatic heterocycles. The molecule has 4 rings (SSSR count). The second-order valence-corrected chi connectivity index (χ2v) is 6.77. The minimum Gasteiger partial charge on any atom is -0.492 e. The van der Waals surface area contributed by atoms with Crippen molar-refractivity contribution in [3.63, 3.8) is 0 Å². The molecule has 22 heavy (non-hydrogen) atoms. The van der Waals surface area contributed by atoms with Crippen molar-refractivity contribution in [3.8, 4) is 0 Å². The number of fused-ring (bicyclic) bond motifs is 5. The molecule has 1 N–H and O–H groups in total. The molecule has 0 radical (unpaired) electrons. The fraction of sp³-hybridized carbons (Fsp3) is 0.444. The van der Waals surface area contributed by atoms with E-state index in [4.69, 9.17) is 4.74 Å². The summed E-state index contributed by atoms with van der Waals surface area (Å²) in [7, 11) is 0. The van der Waals surface area contributed by atoms with Gasteiger partial charge in [-0.05, 0) is 49.8 Å². The molecule has 3 aliphatic rings. The van der Waals surface area contributed by atoms with Gasteiger partial charge in [0.2, 0.25) is 11.6 Å². The smallest absolute Gasteiger partial charge is 0.230 e. The first-order chi connectivity index (χ1) is 10.4. The van der Waals surface area contributed by atoms with Crippen molar-refractivity contribution >= 4 is 11.6 Å². The monoisotopic (exact) mass is 298 g/mol. The normalized spacial score (nSPS) is 32.8. The highest BCUT2D eigenvalue weighted by atomic mass is 16.5. The van der Waals surface area contributed by atoms with Gasteiger partial charge in [0.1, 0.15) is 6.10 Å². The lowest BCUT2D eigenvalue weighted by Crippen LogP contribution is -2.37. The number of rotatable bonds is 0. The highest BCUT2D eigenvalue weighted by molar-refractivity contribution is 6.46. The molecule has 4 heteroatoms. The molecule has 0 amide bonds. The van der Waals surface area contributed by atoms with Crippen LogP contribution in [0.25, 0.3) is 0 Å². The van der Waals surface area contributed by atoms with Crippen LogP contribution in [0.4, 0.5) is 0 Å². The van der Waals surface area contributed by atoms with Crippen LogP contribution in [0.3, 0.4) is 0 Å². The summed E-state index contributed by atoms with van der Waals surface area (Å²) in [4.78, 5) is 25.2. The number of carbonyl (C=O) groups excluding carboxylic acids is 2. The maximum atomic E-state index is 12.7. The third kappa shape index (κ3) is 1.61. The summed E-state index contributed by atoms with van der Waals surface area (Å²) in [5, 5.41) is 10.6. The van der Waals surface area contributed by atoms with Crippen molar-refractivity contribution in [3.05, 3.63) is 46.2 Å². The van der Waals surface area contributed by atoms with Crippen LogP contribution in [0.2, 0.25) is 0 Å². The largest absolute Gasteiger partial charge is 0.492 e. The van der Waals surface area contributed by atoms with Gasteiger partial charge in [-0.1, -0.05) is 12.1 Å². The van der Waals surface area contributed by atoms with Gasteiger partial charge in [0.15, 0.2) is 0 Å². The van der Waals surface area contributed by atoms with Crippen LogP contribution in [0.1, 0.15) is 59.8 Å². The summed E-state index contributed by atoms with van der Waals surface area (Å²) in [6.07, 6.45) is 3.40. The first-order valence-electron chi connectivity index (χ1n) is 7.71. The summed E-state index contributed by atoms with van der Waals surface area (Å²) in [6, 6.07) is 3.74. The summed E-state index contributed by atoms with van der Waals surface area (Å²) < 4.78 is 5.66. The summed E-state index contributed by atoms with van der Waals surface area (Å²) in [6.45, 7) is 3.59. The second kappa shape index (κ2) is 4.29. The Labute approximate surface area is 128 Å². The predicted octanol–water partition coefficient (Wildman–Crippen LogP) is 2.59. The molecule has 0 saturated carbocycles. The van der Waals surface area contributed by atoms with Gasteiger partial charge in [-0.25, -0.2) is 0 Å². The van der Waals surface area contributed by atoms with Gasteiger partial charge in [-0.2, -0.15) is 0 Å². The Hall–Kier alpha value is -1.94. The maximum absolute atomic E-state index is 12.7. The van der Waals surface area contributed by atoms with Crippen LogP contribution in [0.15, 0.2) is 24.0 Å². The molecule has 1 heterocycles. The third-order valence-electron chi connectivity index (χ3n) is 5.25. The molecule has 0 fully saturated rings. The lowest BCUT2D eigenvalue weighted by atomic mass is 9.71. The van der Waals surface area contributed by atoms with Crippen LogP contribution in [-0.4, -0.2) is 16.7 Å². The molecule has 3 atom stereocenters. The van der Waals surface area contributed by atoms with E-state index in [1.807, 2.05) is 19.1 Å². The SMILES string of the molecule is CC1=CO[C@H]2c3ccc4c(c3C(=O)C(=O)[C@H]12)CCC[C@]4(C)O. The Morgan fingerprint density at radius 2 is 2.09 bits per heavy atom. The van der Waals surface area contributed by atoms with E-state index in [1.165, 1.54) is 0 Å². The highest BCUT2D eigenvalue weighted by Crippen LogP contribution is 2.47. The zero-order valence-electron chi connectivity index (χ0n) is 12.7. The minimum absolute atomic E-state index is 0.387. The number of ether oxygens (including phenoxy) is 1. The average Bonchev–Trinajstić information content (AvgIpc) is 2.86. The van der Waals surface area contributed by atoms with Crippen LogP contribution in [-0.2, 0) is 21.6 Å². The van der Waals surface area contributed by atoms with Gasteiger partial charge in [0, 0.05) is 11.1 Å². The second-order valence-electron chi connectivity index (χ2n) is 6.77. The zero-order chi connectivity index (χ0) is 15.6. The van der Waals surface area contributed by atoms with E-state index >= 15 is 0 Å². The molecular formula is C18H18O4. The number of hydrogen-bond donors (Lipinski definition) is 1. The van der Waals surface area contributed by atoms with E-state index in [-0.39, 0.29) is 5.78 Å². The van der Waals surface area contributed by atoms with E-state index in [2.05, 4.69) is 0 Å². The molecule has 0 spiro atoms. The predicted molar refractivity (Wildman–Crippen MR) is 79.4 cm³/mol. The van der Waals surface area contributed by atoms with Gasteiger partial charge in [0.25, 0.3) is 0 Å². The van der Waals surface area contributed by atoms with Gasteiger partial charge in [-0.15, -0.1) is 0 Å². The van der Waals surface area contributed by atoms with E-state index in [9.17, 15) is 14.7 Å². The fourth-order valence-electron chi connectivity index (χ4n) is 4.11. The van der Waals surface area contributed by atoms with Gasteiger partial charge >= 0.3 is 0 Å². The summed E-state index contributed by atoms with van der Waals surface area (Å²) >= 11 is 0. The number of carbonyl (C=O) groups is 2. The maximum Gasteiger partial charge on any atom is 0.230 e. The lowest BCUT2D eigenvalue weighted by Gasteiger charge is -2.35. The van der Waals surface area contributed by atoms with E-state index in [1.54, 1.807) is 13.2 Å². The number of hydrogen-bond acceptors (Lipinski definition) is 4. The Morgan fingerprint density at radius 1 is 1.32 bits per heavy atom. The Morgan fingerprint density at radius 3 is 2.86 bits per heavy atom. The first-order valence-corrected chi connectivity index (χ1v) is 7.71. The molecule has 0 bridgehead atoms. The van der Waals surface area contributed by atoms with Crippen LogP contribution in [0.5, 0.6) is 0 Å². The molecule has 4 nitrogen and oxygen atoms in total. The third-order valence-corrected chi connectivity index (χ3v) is 5.25. The van der Waals surface area contributed by atoms with Gasteiger partial charge in [0.05, 0.1) is 17.8 Å². The van der Waals surface area contributed by atoms with Crippen molar-refractivity contribution in [2.45, 2.75) is 44.8 Å². The fourth-order valence-corrected chi connectivity index (χ4v) is 4.11. The van der Waals surface area contributed by atoms with Crippen LogP contribution >= 0.6 is 0 Å².